The van der Waals surface area contributed by atoms with Gasteiger partial charge in [-0.15, -0.1) is 0 Å². The highest BCUT2D eigenvalue weighted by Crippen LogP contribution is 2.15. The van der Waals surface area contributed by atoms with Crippen molar-refractivity contribution in [2.24, 2.45) is 0 Å². The van der Waals surface area contributed by atoms with Crippen LogP contribution >= 0.6 is 0 Å². The van der Waals surface area contributed by atoms with Crippen molar-refractivity contribution >= 4 is 17.9 Å². The van der Waals surface area contributed by atoms with Crippen molar-refractivity contribution in [3.63, 3.8) is 0 Å². The summed E-state index contributed by atoms with van der Waals surface area (Å²) in [4.78, 5) is 38.0. The first-order chi connectivity index (χ1) is 32.0. The lowest BCUT2D eigenvalue weighted by Gasteiger charge is -2.18. The first-order valence-electron chi connectivity index (χ1n) is 27.4. The minimum absolute atomic E-state index is 0.0984. The zero-order valence-electron chi connectivity index (χ0n) is 42.7. The number of ether oxygens (including phenoxy) is 3. The highest BCUT2D eigenvalue weighted by molar-refractivity contribution is 5.71. The van der Waals surface area contributed by atoms with Crippen LogP contribution in [0.3, 0.4) is 0 Å². The molecule has 0 heterocycles. The molecule has 0 rings (SSSR count). The van der Waals surface area contributed by atoms with Gasteiger partial charge in [-0.2, -0.15) is 0 Å². The maximum absolute atomic E-state index is 12.8. The van der Waals surface area contributed by atoms with Crippen molar-refractivity contribution in [1.82, 2.24) is 0 Å². The normalized spacial score (nSPS) is 12.6. The molecule has 1 atom stereocenters. The van der Waals surface area contributed by atoms with Crippen LogP contribution in [0.1, 0.15) is 265 Å². The Labute approximate surface area is 402 Å². The average molecular weight is 907 g/mol. The van der Waals surface area contributed by atoms with Crippen LogP contribution in [0.25, 0.3) is 0 Å². The number of allylic oxidation sites excluding steroid dienone is 12. The maximum atomic E-state index is 12.8. The third-order valence-electron chi connectivity index (χ3n) is 11.7. The van der Waals surface area contributed by atoms with E-state index in [9.17, 15) is 14.4 Å². The van der Waals surface area contributed by atoms with Crippen LogP contribution < -0.4 is 0 Å². The lowest BCUT2D eigenvalue weighted by atomic mass is 10.0. The van der Waals surface area contributed by atoms with E-state index in [1.165, 1.54) is 135 Å². The van der Waals surface area contributed by atoms with Crippen LogP contribution in [-0.2, 0) is 28.6 Å². The van der Waals surface area contributed by atoms with Gasteiger partial charge in [0.2, 0.25) is 0 Å². The Morgan fingerprint density at radius 3 is 1.02 bits per heavy atom. The lowest BCUT2D eigenvalue weighted by molar-refractivity contribution is -0.167. The smallest absolute Gasteiger partial charge is 0.306 e. The van der Waals surface area contributed by atoms with Crippen molar-refractivity contribution in [3.05, 3.63) is 72.9 Å². The molecule has 0 unspecified atom stereocenters. The van der Waals surface area contributed by atoms with Crippen LogP contribution in [0.2, 0.25) is 0 Å². The summed E-state index contributed by atoms with van der Waals surface area (Å²) < 4.78 is 16.8. The number of rotatable bonds is 49. The zero-order valence-corrected chi connectivity index (χ0v) is 42.7. The molecule has 6 nitrogen and oxygen atoms in total. The van der Waals surface area contributed by atoms with Crippen LogP contribution in [0, 0.1) is 0 Å². The van der Waals surface area contributed by atoms with Gasteiger partial charge in [0.15, 0.2) is 6.10 Å². The molecule has 0 spiro atoms. The monoisotopic (exact) mass is 907 g/mol. The van der Waals surface area contributed by atoms with E-state index in [0.29, 0.717) is 19.3 Å². The first kappa shape index (κ1) is 61.9. The first-order valence-corrected chi connectivity index (χ1v) is 27.4. The molecule has 0 radical (unpaired) electrons. The molecule has 0 fully saturated rings. The summed E-state index contributed by atoms with van der Waals surface area (Å²) in [5.74, 6) is -0.960. The molecule has 6 heteroatoms. The van der Waals surface area contributed by atoms with E-state index in [0.717, 1.165) is 83.5 Å². The van der Waals surface area contributed by atoms with Gasteiger partial charge in [0.1, 0.15) is 13.2 Å². The minimum Gasteiger partial charge on any atom is -0.462 e. The van der Waals surface area contributed by atoms with Crippen molar-refractivity contribution in [3.8, 4) is 0 Å². The number of esters is 3. The van der Waals surface area contributed by atoms with E-state index in [1.807, 2.05) is 0 Å². The molecule has 0 aromatic rings. The Morgan fingerprint density at radius 1 is 0.323 bits per heavy atom. The van der Waals surface area contributed by atoms with Gasteiger partial charge in [-0.3, -0.25) is 14.4 Å². The van der Waals surface area contributed by atoms with Gasteiger partial charge in [-0.05, 0) is 83.5 Å². The molecule has 0 amide bonds. The third kappa shape index (κ3) is 51.7. The highest BCUT2D eigenvalue weighted by Gasteiger charge is 2.19. The molecule has 0 saturated heterocycles. The van der Waals surface area contributed by atoms with Crippen molar-refractivity contribution in [1.29, 1.82) is 0 Å². The van der Waals surface area contributed by atoms with Crippen molar-refractivity contribution in [2.45, 2.75) is 271 Å². The van der Waals surface area contributed by atoms with E-state index < -0.39 is 6.10 Å². The predicted octanol–water partition coefficient (Wildman–Crippen LogP) is 18.2. The number of carbonyl (C=O) groups excluding carboxylic acids is 3. The van der Waals surface area contributed by atoms with Gasteiger partial charge >= 0.3 is 17.9 Å². The molecule has 0 aliphatic heterocycles. The van der Waals surface area contributed by atoms with Crippen LogP contribution in [0.15, 0.2) is 72.9 Å². The van der Waals surface area contributed by atoms with E-state index in [2.05, 4.69) is 93.7 Å². The number of hydrogen-bond donors (Lipinski definition) is 0. The molecule has 0 saturated carbocycles. The molecule has 0 aromatic heterocycles. The molecule has 65 heavy (non-hydrogen) atoms. The van der Waals surface area contributed by atoms with Crippen molar-refractivity contribution in [2.75, 3.05) is 13.2 Å². The van der Waals surface area contributed by atoms with E-state index in [4.69, 9.17) is 14.2 Å². The quantitative estimate of drug-likeness (QED) is 0.0262. The highest BCUT2D eigenvalue weighted by atomic mass is 16.6. The molecule has 374 valence electrons. The zero-order chi connectivity index (χ0) is 47.2. The summed E-state index contributed by atoms with van der Waals surface area (Å²) in [5, 5.41) is 0. The Morgan fingerprint density at radius 2 is 0.615 bits per heavy atom. The number of carbonyl (C=O) groups is 3. The average Bonchev–Trinajstić information content (AvgIpc) is 3.30. The second-order valence-electron chi connectivity index (χ2n) is 18.1. The molecular formula is C59H102O6. The Balaban J connectivity index is 4.45. The third-order valence-corrected chi connectivity index (χ3v) is 11.7. The Bertz CT molecular complexity index is 1230. The predicted molar refractivity (Wildman–Crippen MR) is 279 cm³/mol. The van der Waals surface area contributed by atoms with Gasteiger partial charge in [0, 0.05) is 19.3 Å². The van der Waals surface area contributed by atoms with Gasteiger partial charge in [-0.25, -0.2) is 0 Å². The second kappa shape index (κ2) is 53.5. The molecule has 0 N–H and O–H groups in total. The fourth-order valence-electron chi connectivity index (χ4n) is 7.59. The topological polar surface area (TPSA) is 78.9 Å². The van der Waals surface area contributed by atoms with E-state index in [-0.39, 0.29) is 37.5 Å². The fraction of sp³-hybridized carbons (Fsp3) is 0.746. The van der Waals surface area contributed by atoms with Crippen LogP contribution in [-0.4, -0.2) is 37.2 Å². The summed E-state index contributed by atoms with van der Waals surface area (Å²) >= 11 is 0. The fourth-order valence-corrected chi connectivity index (χ4v) is 7.59. The summed E-state index contributed by atoms with van der Waals surface area (Å²) in [6.07, 6.45) is 67.5. The molecular weight excluding hydrogens is 805 g/mol. The minimum atomic E-state index is -0.806. The van der Waals surface area contributed by atoms with Crippen LogP contribution in [0.5, 0.6) is 0 Å². The molecule has 0 aliphatic rings. The summed E-state index contributed by atoms with van der Waals surface area (Å²) in [5.41, 5.74) is 0. The van der Waals surface area contributed by atoms with Gasteiger partial charge in [0.25, 0.3) is 0 Å². The molecule has 0 aliphatic carbocycles. The molecule has 0 aromatic carbocycles. The van der Waals surface area contributed by atoms with Gasteiger partial charge in [-0.1, -0.05) is 235 Å². The summed E-state index contributed by atoms with van der Waals surface area (Å²) in [7, 11) is 0. The van der Waals surface area contributed by atoms with Crippen molar-refractivity contribution < 1.29 is 28.6 Å². The van der Waals surface area contributed by atoms with E-state index >= 15 is 0 Å². The Hall–Kier alpha value is -3.15. The lowest BCUT2D eigenvalue weighted by Crippen LogP contribution is -2.30. The van der Waals surface area contributed by atoms with E-state index in [1.54, 1.807) is 0 Å². The SMILES string of the molecule is CC/C=C\C/C=C\C/C=C\C/C=C\C/C=C\CCCC(=O)O[C@H](COC(=O)CCCCCCC/C=C\CCCCCC)COC(=O)CCCCCCCCCCCCCCCCCCC. The van der Waals surface area contributed by atoms with Crippen LogP contribution in [0.4, 0.5) is 0 Å². The standard InChI is InChI=1S/C59H102O6/c1-4-7-10-13-16-19-22-25-27-29-31-34-37-40-43-46-49-52-58(61)64-55-56(54-63-57(60)51-48-45-42-39-36-33-24-21-18-15-12-9-6-3)65-59(62)53-50-47-44-41-38-35-32-30-28-26-23-20-17-14-11-8-5-2/h8,11,17,20-21,24,26,28,32,35,41,44,56H,4-7,9-10,12-16,18-19,22-23,25,27,29-31,33-34,36-40,42-43,45-55H2,1-3H3/b11-8-,20-17-,24-21-,28-26-,35-32-,44-41-/t56-/m1/s1. The number of unbranched alkanes of at least 4 members (excludes halogenated alkanes) is 26. The Kier molecular flexibility index (Phi) is 50.9. The maximum Gasteiger partial charge on any atom is 0.306 e. The second-order valence-corrected chi connectivity index (χ2v) is 18.1. The summed E-state index contributed by atoms with van der Waals surface area (Å²) in [6, 6.07) is 0. The summed E-state index contributed by atoms with van der Waals surface area (Å²) in [6.45, 7) is 6.47. The molecule has 0 bridgehead atoms. The number of hydrogen-bond acceptors (Lipinski definition) is 6. The largest absolute Gasteiger partial charge is 0.462 e. The van der Waals surface area contributed by atoms with Gasteiger partial charge < -0.3 is 14.2 Å². The van der Waals surface area contributed by atoms with Gasteiger partial charge in [0.05, 0.1) is 0 Å².